The molecule has 1 amide bonds. The molecule has 0 saturated carbocycles. The molecular formula is C19H15FN2O3S. The Hall–Kier alpha value is -3.06. The van der Waals surface area contributed by atoms with Crippen LogP contribution >= 0.6 is 11.3 Å². The topological polar surface area (TPSA) is 68.3 Å². The summed E-state index contributed by atoms with van der Waals surface area (Å²) in [5, 5.41) is 3.10. The summed E-state index contributed by atoms with van der Waals surface area (Å²) in [5.41, 5.74) is 1.85. The first-order chi connectivity index (χ1) is 12.6. The van der Waals surface area contributed by atoms with Crippen molar-refractivity contribution in [3.8, 4) is 17.0 Å². The van der Waals surface area contributed by atoms with Gasteiger partial charge in [-0.2, -0.15) is 0 Å². The standard InChI is InChI=1S/C19H15FN2O3S/c1-12-18(13-6-8-15(20)9-7-13)22-19(26-12)21-17(24)11-25-16-5-3-2-4-14(16)10-23/h2-10H,11H2,1H3,(H,21,22,24). The maximum absolute atomic E-state index is 13.0. The van der Waals surface area contributed by atoms with Crippen LogP contribution in [0.3, 0.4) is 0 Å². The van der Waals surface area contributed by atoms with Crippen molar-refractivity contribution in [3.63, 3.8) is 0 Å². The quantitative estimate of drug-likeness (QED) is 0.664. The molecule has 0 saturated heterocycles. The SMILES string of the molecule is Cc1sc(NC(=O)COc2ccccc2C=O)nc1-c1ccc(F)cc1. The Bertz CT molecular complexity index is 938. The van der Waals surface area contributed by atoms with Crippen LogP contribution in [0.2, 0.25) is 0 Å². The van der Waals surface area contributed by atoms with Gasteiger partial charge in [0.1, 0.15) is 11.6 Å². The number of thiazole rings is 1. The molecule has 0 radical (unpaired) electrons. The number of amides is 1. The molecule has 0 unspecified atom stereocenters. The van der Waals surface area contributed by atoms with E-state index in [1.54, 1.807) is 36.4 Å². The fraction of sp³-hybridized carbons (Fsp3) is 0.105. The number of ether oxygens (including phenoxy) is 1. The Morgan fingerprint density at radius 2 is 1.96 bits per heavy atom. The summed E-state index contributed by atoms with van der Waals surface area (Å²) in [6.45, 7) is 1.64. The van der Waals surface area contributed by atoms with Crippen LogP contribution in [-0.4, -0.2) is 23.8 Å². The minimum absolute atomic E-state index is 0.241. The second-order valence-electron chi connectivity index (χ2n) is 5.42. The predicted octanol–water partition coefficient (Wildman–Crippen LogP) is 4.09. The molecule has 1 aromatic heterocycles. The van der Waals surface area contributed by atoms with Crippen LogP contribution in [0.15, 0.2) is 48.5 Å². The van der Waals surface area contributed by atoms with Gasteiger partial charge in [-0.15, -0.1) is 11.3 Å². The number of nitrogens with one attached hydrogen (secondary N) is 1. The Morgan fingerprint density at radius 1 is 1.23 bits per heavy atom. The lowest BCUT2D eigenvalue weighted by Crippen LogP contribution is -2.20. The molecule has 5 nitrogen and oxygen atoms in total. The van der Waals surface area contributed by atoms with Crippen LogP contribution in [0.5, 0.6) is 5.75 Å². The number of hydrogen-bond donors (Lipinski definition) is 1. The number of para-hydroxylation sites is 1. The number of carbonyl (C=O) groups is 2. The Kier molecular flexibility index (Phi) is 5.38. The largest absolute Gasteiger partial charge is 0.483 e. The van der Waals surface area contributed by atoms with E-state index in [0.717, 1.165) is 10.4 Å². The van der Waals surface area contributed by atoms with Crippen molar-refractivity contribution in [2.75, 3.05) is 11.9 Å². The fourth-order valence-electron chi connectivity index (χ4n) is 2.33. The molecule has 26 heavy (non-hydrogen) atoms. The summed E-state index contributed by atoms with van der Waals surface area (Å²) in [7, 11) is 0. The third-order valence-corrected chi connectivity index (χ3v) is 4.45. The highest BCUT2D eigenvalue weighted by Gasteiger charge is 2.13. The Labute approximate surface area is 153 Å². The number of aldehydes is 1. The molecule has 2 aromatic carbocycles. The van der Waals surface area contributed by atoms with Crippen LogP contribution in [-0.2, 0) is 4.79 Å². The highest BCUT2D eigenvalue weighted by Crippen LogP contribution is 2.30. The van der Waals surface area contributed by atoms with Crippen LogP contribution in [0.4, 0.5) is 9.52 Å². The van der Waals surface area contributed by atoms with Crippen molar-refractivity contribution in [1.82, 2.24) is 4.98 Å². The van der Waals surface area contributed by atoms with Crippen LogP contribution < -0.4 is 10.1 Å². The van der Waals surface area contributed by atoms with Crippen molar-refractivity contribution in [3.05, 3.63) is 64.8 Å². The zero-order valence-corrected chi connectivity index (χ0v) is 14.7. The molecule has 1 heterocycles. The third-order valence-electron chi connectivity index (χ3n) is 3.57. The average Bonchev–Trinajstić information content (AvgIpc) is 3.01. The van der Waals surface area contributed by atoms with E-state index < -0.39 is 0 Å². The maximum atomic E-state index is 13.0. The molecule has 0 fully saturated rings. The molecule has 0 bridgehead atoms. The number of aromatic nitrogens is 1. The summed E-state index contributed by atoms with van der Waals surface area (Å²) < 4.78 is 18.4. The number of anilines is 1. The van der Waals surface area contributed by atoms with Gasteiger partial charge in [-0.1, -0.05) is 12.1 Å². The predicted molar refractivity (Wildman–Crippen MR) is 98.2 cm³/mol. The van der Waals surface area contributed by atoms with E-state index in [9.17, 15) is 14.0 Å². The zero-order chi connectivity index (χ0) is 18.5. The number of rotatable bonds is 6. The third kappa shape index (κ3) is 4.12. The number of aryl methyl sites for hydroxylation is 1. The first-order valence-electron chi connectivity index (χ1n) is 7.77. The summed E-state index contributed by atoms with van der Waals surface area (Å²) in [6, 6.07) is 12.7. The van der Waals surface area contributed by atoms with Crippen molar-refractivity contribution >= 4 is 28.7 Å². The number of halogens is 1. The lowest BCUT2D eigenvalue weighted by atomic mass is 10.1. The molecule has 3 aromatic rings. The van der Waals surface area contributed by atoms with Crippen molar-refractivity contribution < 1.29 is 18.7 Å². The van der Waals surface area contributed by atoms with Gasteiger partial charge in [0, 0.05) is 10.4 Å². The lowest BCUT2D eigenvalue weighted by Gasteiger charge is -2.07. The minimum Gasteiger partial charge on any atom is -0.483 e. The van der Waals surface area contributed by atoms with Crippen molar-refractivity contribution in [2.45, 2.75) is 6.92 Å². The van der Waals surface area contributed by atoms with E-state index in [-0.39, 0.29) is 18.3 Å². The fourth-order valence-corrected chi connectivity index (χ4v) is 3.19. The maximum Gasteiger partial charge on any atom is 0.264 e. The Morgan fingerprint density at radius 3 is 2.69 bits per heavy atom. The van der Waals surface area contributed by atoms with E-state index >= 15 is 0 Å². The first kappa shape index (κ1) is 17.8. The van der Waals surface area contributed by atoms with Crippen LogP contribution in [0.25, 0.3) is 11.3 Å². The minimum atomic E-state index is -0.384. The molecular weight excluding hydrogens is 355 g/mol. The van der Waals surface area contributed by atoms with Gasteiger partial charge < -0.3 is 4.74 Å². The lowest BCUT2D eigenvalue weighted by molar-refractivity contribution is -0.118. The van der Waals surface area contributed by atoms with Gasteiger partial charge >= 0.3 is 0 Å². The summed E-state index contributed by atoms with van der Waals surface area (Å²) in [6.07, 6.45) is 0.673. The summed E-state index contributed by atoms with van der Waals surface area (Å²) in [5.74, 6) is -0.354. The second-order valence-corrected chi connectivity index (χ2v) is 6.63. The van der Waals surface area contributed by atoms with Crippen molar-refractivity contribution in [2.24, 2.45) is 0 Å². The van der Waals surface area contributed by atoms with E-state index in [1.165, 1.54) is 23.5 Å². The Balaban J connectivity index is 1.65. The van der Waals surface area contributed by atoms with Gasteiger partial charge in [0.2, 0.25) is 0 Å². The van der Waals surface area contributed by atoms with Gasteiger partial charge in [-0.05, 0) is 43.3 Å². The normalized spacial score (nSPS) is 10.4. The molecule has 0 aliphatic rings. The highest BCUT2D eigenvalue weighted by atomic mass is 32.1. The van der Waals surface area contributed by atoms with E-state index in [2.05, 4.69) is 10.3 Å². The van der Waals surface area contributed by atoms with Gasteiger partial charge in [0.25, 0.3) is 5.91 Å². The van der Waals surface area contributed by atoms with Gasteiger partial charge in [-0.3, -0.25) is 14.9 Å². The second kappa shape index (κ2) is 7.88. The summed E-state index contributed by atoms with van der Waals surface area (Å²) in [4.78, 5) is 28.3. The first-order valence-corrected chi connectivity index (χ1v) is 8.58. The molecule has 1 N–H and O–H groups in total. The van der Waals surface area contributed by atoms with Gasteiger partial charge in [0.05, 0.1) is 11.3 Å². The van der Waals surface area contributed by atoms with E-state index in [0.29, 0.717) is 28.4 Å². The van der Waals surface area contributed by atoms with Gasteiger partial charge in [0.15, 0.2) is 18.0 Å². The number of hydrogen-bond acceptors (Lipinski definition) is 5. The molecule has 0 atom stereocenters. The molecule has 7 heteroatoms. The molecule has 0 aliphatic carbocycles. The van der Waals surface area contributed by atoms with E-state index in [1.807, 2.05) is 6.92 Å². The molecule has 0 spiro atoms. The zero-order valence-electron chi connectivity index (χ0n) is 13.9. The number of carbonyl (C=O) groups excluding carboxylic acids is 2. The monoisotopic (exact) mass is 370 g/mol. The highest BCUT2D eigenvalue weighted by molar-refractivity contribution is 7.16. The molecule has 0 aliphatic heterocycles. The van der Waals surface area contributed by atoms with Crippen molar-refractivity contribution in [1.29, 1.82) is 0 Å². The van der Waals surface area contributed by atoms with Crippen LogP contribution in [0.1, 0.15) is 15.2 Å². The number of benzene rings is 2. The van der Waals surface area contributed by atoms with E-state index in [4.69, 9.17) is 4.74 Å². The summed E-state index contributed by atoms with van der Waals surface area (Å²) >= 11 is 1.32. The average molecular weight is 370 g/mol. The molecule has 132 valence electrons. The molecule has 3 rings (SSSR count). The van der Waals surface area contributed by atoms with Gasteiger partial charge in [-0.25, -0.2) is 9.37 Å². The number of nitrogens with zero attached hydrogens (tertiary/aromatic N) is 1. The smallest absolute Gasteiger partial charge is 0.264 e. The van der Waals surface area contributed by atoms with Crippen LogP contribution in [0, 0.1) is 12.7 Å².